The molecule has 0 unspecified atom stereocenters. The van der Waals surface area contributed by atoms with E-state index >= 15 is 0 Å². The Hall–Kier alpha value is -3.36. The summed E-state index contributed by atoms with van der Waals surface area (Å²) in [6.07, 6.45) is 10.2. The van der Waals surface area contributed by atoms with Gasteiger partial charge in [0.2, 0.25) is 11.9 Å². The lowest BCUT2D eigenvalue weighted by molar-refractivity contribution is -0.117. The van der Waals surface area contributed by atoms with Gasteiger partial charge >= 0.3 is 0 Å². The molecule has 1 aliphatic carbocycles. The van der Waals surface area contributed by atoms with E-state index in [9.17, 15) is 4.79 Å². The number of amides is 1. The van der Waals surface area contributed by atoms with Crippen molar-refractivity contribution in [2.24, 2.45) is 7.05 Å². The van der Waals surface area contributed by atoms with Crippen LogP contribution in [0.3, 0.4) is 0 Å². The summed E-state index contributed by atoms with van der Waals surface area (Å²) >= 11 is 0. The molecule has 3 aromatic heterocycles. The van der Waals surface area contributed by atoms with Crippen molar-refractivity contribution in [1.29, 1.82) is 0 Å². The molecule has 0 aromatic carbocycles. The van der Waals surface area contributed by atoms with Crippen molar-refractivity contribution >= 4 is 34.5 Å². The van der Waals surface area contributed by atoms with Gasteiger partial charge < -0.3 is 20.4 Å². The van der Waals surface area contributed by atoms with Crippen molar-refractivity contribution in [2.45, 2.75) is 37.8 Å². The Morgan fingerprint density at radius 2 is 2.07 bits per heavy atom. The number of carbonyl (C=O) groups is 1. The van der Waals surface area contributed by atoms with Gasteiger partial charge in [0.15, 0.2) is 11.4 Å². The largest absolute Gasteiger partial charge is 0.459 e. The number of aromatic nitrogens is 4. The number of nitrogens with one attached hydrogen (secondary N) is 3. The van der Waals surface area contributed by atoms with E-state index in [0.29, 0.717) is 17.3 Å². The summed E-state index contributed by atoms with van der Waals surface area (Å²) in [4.78, 5) is 20.6. The summed E-state index contributed by atoms with van der Waals surface area (Å²) < 4.78 is 7.30. The number of anilines is 3. The van der Waals surface area contributed by atoms with Crippen LogP contribution in [0.2, 0.25) is 0 Å². The van der Waals surface area contributed by atoms with E-state index in [1.807, 2.05) is 19.3 Å². The molecule has 9 heteroatoms. The number of hydrogen-bond acceptors (Lipinski definition) is 7. The zero-order chi connectivity index (χ0) is 19.5. The number of rotatable bonds is 6. The molecule has 0 saturated heterocycles. The Bertz CT molecular complexity index is 985. The van der Waals surface area contributed by atoms with Gasteiger partial charge in [-0.1, -0.05) is 6.58 Å². The highest BCUT2D eigenvalue weighted by atomic mass is 16.3. The maximum Gasteiger partial charge on any atom is 0.243 e. The molecular formula is C19H23N7O2. The zero-order valence-corrected chi connectivity index (χ0v) is 15.7. The van der Waals surface area contributed by atoms with E-state index in [1.165, 1.54) is 6.08 Å². The lowest BCUT2D eigenvalue weighted by Crippen LogP contribution is -2.39. The smallest absolute Gasteiger partial charge is 0.243 e. The number of hydrogen-bond donors (Lipinski definition) is 3. The van der Waals surface area contributed by atoms with Crippen LogP contribution in [0.1, 0.15) is 25.7 Å². The predicted molar refractivity (Wildman–Crippen MR) is 106 cm³/mol. The minimum Gasteiger partial charge on any atom is -0.459 e. The van der Waals surface area contributed by atoms with Gasteiger partial charge in [0.1, 0.15) is 5.52 Å². The molecule has 0 radical (unpaired) electrons. The lowest BCUT2D eigenvalue weighted by Gasteiger charge is -2.29. The standard InChI is InChI=1S/C19H23N7O2/c1-3-16(27)21-12-4-6-13(7-5-12)22-18-17-15(8-9-28-17)24-19(25-18)23-14-10-20-26(2)11-14/h3,8-13H,1,4-7H2,2H3,(H,21,27)(H2,22,23,24,25)/t12-,13+. The third-order valence-electron chi connectivity index (χ3n) is 4.86. The fourth-order valence-electron chi connectivity index (χ4n) is 3.47. The molecule has 1 aliphatic rings. The SMILES string of the molecule is C=CC(=O)N[C@H]1CC[C@@H](Nc2nc(Nc3cnn(C)c3)nc3ccoc23)CC1. The number of furan rings is 1. The highest BCUT2D eigenvalue weighted by molar-refractivity contribution is 5.87. The monoisotopic (exact) mass is 381 g/mol. The molecular weight excluding hydrogens is 358 g/mol. The molecule has 146 valence electrons. The van der Waals surface area contributed by atoms with E-state index in [4.69, 9.17) is 4.42 Å². The first kappa shape index (κ1) is 18.0. The first-order valence-corrected chi connectivity index (χ1v) is 9.31. The van der Waals surface area contributed by atoms with E-state index in [1.54, 1.807) is 17.1 Å². The first-order chi connectivity index (χ1) is 13.6. The highest BCUT2D eigenvalue weighted by Crippen LogP contribution is 2.28. The predicted octanol–water partition coefficient (Wildman–Crippen LogP) is 2.73. The highest BCUT2D eigenvalue weighted by Gasteiger charge is 2.23. The molecule has 0 spiro atoms. The van der Waals surface area contributed by atoms with Crippen LogP contribution < -0.4 is 16.0 Å². The van der Waals surface area contributed by atoms with Crippen LogP contribution in [0, 0.1) is 0 Å². The normalized spacial score (nSPS) is 19.3. The fraction of sp³-hybridized carbons (Fsp3) is 0.368. The summed E-state index contributed by atoms with van der Waals surface area (Å²) in [5, 5.41) is 13.8. The summed E-state index contributed by atoms with van der Waals surface area (Å²) in [7, 11) is 1.85. The average Bonchev–Trinajstić information content (AvgIpc) is 3.32. The van der Waals surface area contributed by atoms with Crippen molar-refractivity contribution < 1.29 is 9.21 Å². The van der Waals surface area contributed by atoms with Crippen molar-refractivity contribution in [2.75, 3.05) is 10.6 Å². The van der Waals surface area contributed by atoms with Crippen LogP contribution in [0.15, 0.2) is 41.8 Å². The molecule has 28 heavy (non-hydrogen) atoms. The van der Waals surface area contributed by atoms with Crippen molar-refractivity contribution in [3.8, 4) is 0 Å². The molecule has 9 nitrogen and oxygen atoms in total. The summed E-state index contributed by atoms with van der Waals surface area (Å²) in [6.45, 7) is 3.50. The van der Waals surface area contributed by atoms with E-state index in [2.05, 4.69) is 37.6 Å². The Labute approximate surface area is 162 Å². The molecule has 1 saturated carbocycles. The third-order valence-corrected chi connectivity index (χ3v) is 4.86. The van der Waals surface area contributed by atoms with Crippen LogP contribution in [0.4, 0.5) is 17.5 Å². The molecule has 4 rings (SSSR count). The number of aryl methyl sites for hydroxylation is 1. The van der Waals surface area contributed by atoms with Gasteiger partial charge in [-0.15, -0.1) is 0 Å². The van der Waals surface area contributed by atoms with Gasteiger partial charge in [-0.3, -0.25) is 9.48 Å². The van der Waals surface area contributed by atoms with Gasteiger partial charge in [-0.2, -0.15) is 10.1 Å². The minimum atomic E-state index is -0.115. The minimum absolute atomic E-state index is 0.115. The van der Waals surface area contributed by atoms with Crippen LogP contribution in [0.5, 0.6) is 0 Å². The summed E-state index contributed by atoms with van der Waals surface area (Å²) in [5.74, 6) is 1.03. The first-order valence-electron chi connectivity index (χ1n) is 9.31. The van der Waals surface area contributed by atoms with Gasteiger partial charge in [0, 0.05) is 31.4 Å². The van der Waals surface area contributed by atoms with Crippen LogP contribution in [-0.2, 0) is 11.8 Å². The lowest BCUT2D eigenvalue weighted by atomic mass is 9.91. The molecule has 3 N–H and O–H groups in total. The summed E-state index contributed by atoms with van der Waals surface area (Å²) in [5.41, 5.74) is 2.18. The van der Waals surface area contributed by atoms with E-state index in [0.717, 1.165) is 36.9 Å². The second-order valence-corrected chi connectivity index (χ2v) is 6.96. The topological polar surface area (TPSA) is 110 Å². The second-order valence-electron chi connectivity index (χ2n) is 6.96. The molecule has 1 amide bonds. The van der Waals surface area contributed by atoms with Gasteiger partial charge in [-0.25, -0.2) is 4.98 Å². The van der Waals surface area contributed by atoms with Crippen LogP contribution in [0.25, 0.3) is 11.1 Å². The Morgan fingerprint density at radius 3 is 2.79 bits per heavy atom. The van der Waals surface area contributed by atoms with Crippen molar-refractivity contribution in [3.63, 3.8) is 0 Å². The number of fused-ring (bicyclic) bond motifs is 1. The Morgan fingerprint density at radius 1 is 1.29 bits per heavy atom. The van der Waals surface area contributed by atoms with Gasteiger partial charge in [0.05, 0.1) is 18.1 Å². The molecule has 3 aromatic rings. The summed E-state index contributed by atoms with van der Waals surface area (Å²) in [6, 6.07) is 2.27. The molecule has 1 fully saturated rings. The second kappa shape index (κ2) is 7.71. The Balaban J connectivity index is 1.47. The van der Waals surface area contributed by atoms with E-state index in [-0.39, 0.29) is 18.0 Å². The van der Waals surface area contributed by atoms with Crippen LogP contribution >= 0.6 is 0 Å². The van der Waals surface area contributed by atoms with Crippen molar-refractivity contribution in [1.82, 2.24) is 25.1 Å². The third kappa shape index (κ3) is 3.98. The molecule has 0 aliphatic heterocycles. The zero-order valence-electron chi connectivity index (χ0n) is 15.7. The average molecular weight is 381 g/mol. The van der Waals surface area contributed by atoms with Gasteiger partial charge in [0.25, 0.3) is 0 Å². The number of carbonyl (C=O) groups excluding carboxylic acids is 1. The maximum absolute atomic E-state index is 11.5. The van der Waals surface area contributed by atoms with E-state index < -0.39 is 0 Å². The molecule has 0 bridgehead atoms. The maximum atomic E-state index is 11.5. The van der Waals surface area contributed by atoms with Crippen LogP contribution in [-0.4, -0.2) is 37.7 Å². The van der Waals surface area contributed by atoms with Crippen molar-refractivity contribution in [3.05, 3.63) is 37.4 Å². The fourth-order valence-corrected chi connectivity index (χ4v) is 3.47. The quantitative estimate of drug-likeness (QED) is 0.563. The Kier molecular flexibility index (Phi) is 4.96. The molecule has 3 heterocycles. The number of nitrogens with zero attached hydrogens (tertiary/aromatic N) is 4. The molecule has 0 atom stereocenters. The van der Waals surface area contributed by atoms with Gasteiger partial charge in [-0.05, 0) is 31.8 Å².